The van der Waals surface area contributed by atoms with Gasteiger partial charge >= 0.3 is 6.01 Å². The zero-order valence-corrected chi connectivity index (χ0v) is 25.5. The maximum atomic E-state index is 12.5. The molecule has 1 saturated heterocycles. The second-order valence-electron chi connectivity index (χ2n) is 11.7. The number of hydrogen-bond donors (Lipinski definition) is 0. The van der Waals surface area contributed by atoms with Crippen LogP contribution >= 0.6 is 11.6 Å². The van der Waals surface area contributed by atoms with Gasteiger partial charge in [0.25, 0.3) is 0 Å². The highest BCUT2D eigenvalue weighted by molar-refractivity contribution is 6.36. The summed E-state index contributed by atoms with van der Waals surface area (Å²) in [5.74, 6) is 0.686. The number of likely N-dealkylation sites (N-methyl/N-ethyl adjacent to an activating group) is 1. The summed E-state index contributed by atoms with van der Waals surface area (Å²) in [5, 5.41) is 2.67. The fourth-order valence-corrected chi connectivity index (χ4v) is 6.48. The number of anilines is 2. The summed E-state index contributed by atoms with van der Waals surface area (Å²) in [6.45, 7) is 16.9. The van der Waals surface area contributed by atoms with Crippen molar-refractivity contribution in [2.45, 2.75) is 50.9 Å². The third-order valence-corrected chi connectivity index (χ3v) is 9.20. The lowest BCUT2D eigenvalue weighted by Crippen LogP contribution is -2.56. The Morgan fingerprint density at radius 3 is 2.86 bits per heavy atom. The number of halogens is 1. The summed E-state index contributed by atoms with van der Waals surface area (Å²) in [6, 6.07) is 6.84. The Kier molecular flexibility index (Phi) is 8.37. The van der Waals surface area contributed by atoms with Crippen LogP contribution in [0.3, 0.4) is 0 Å². The van der Waals surface area contributed by atoms with E-state index in [1.165, 1.54) is 18.9 Å². The van der Waals surface area contributed by atoms with Gasteiger partial charge in [-0.1, -0.05) is 30.3 Å². The average molecular weight is 601 g/mol. The van der Waals surface area contributed by atoms with Crippen molar-refractivity contribution in [3.63, 3.8) is 0 Å². The van der Waals surface area contributed by atoms with Crippen LogP contribution in [0.1, 0.15) is 31.0 Å². The van der Waals surface area contributed by atoms with E-state index in [4.69, 9.17) is 32.9 Å². The number of amides is 1. The third kappa shape index (κ3) is 5.97. The fraction of sp³-hybridized carbons (Fsp3) is 0.469. The van der Waals surface area contributed by atoms with Gasteiger partial charge in [-0.3, -0.25) is 14.7 Å². The molecule has 1 aromatic carbocycles. The largest absolute Gasteiger partial charge is 0.462 e. The van der Waals surface area contributed by atoms with E-state index in [0.29, 0.717) is 49.9 Å². The smallest absolute Gasteiger partial charge is 0.318 e. The summed E-state index contributed by atoms with van der Waals surface area (Å²) < 4.78 is 6.28. The predicted molar refractivity (Wildman–Crippen MR) is 169 cm³/mol. The molecule has 2 aromatic heterocycles. The van der Waals surface area contributed by atoms with E-state index in [1.807, 2.05) is 30.6 Å². The molecule has 1 amide bonds. The number of ether oxygens (including phenoxy) is 1. The third-order valence-electron chi connectivity index (χ3n) is 8.89. The molecule has 224 valence electrons. The molecule has 3 aliphatic rings. The molecular weight excluding hydrogens is 564 g/mol. The standard InChI is InChI=1S/C32H37ClN8O2/c1-5-29(42)41-14-13-40(18-24(41)16-34-3)31-25-11-12-39(28-17-35-15-22-7-6-8-26(33)30(22)28)19-27(25)36-32(37-31)43-20-21(2)38(4)23-9-10-23/h5-8,15,17,21,23-24H,1,9-14,16,18-20H2,2,4H3/t21-,24-/m0/s1. The number of hydrogen-bond acceptors (Lipinski definition) is 8. The molecule has 0 N–H and O–H groups in total. The molecule has 0 unspecified atom stereocenters. The monoisotopic (exact) mass is 600 g/mol. The molecule has 43 heavy (non-hydrogen) atoms. The molecule has 3 aromatic rings. The van der Waals surface area contributed by atoms with E-state index >= 15 is 0 Å². The van der Waals surface area contributed by atoms with E-state index in [-0.39, 0.29) is 24.5 Å². The Labute approximate surface area is 257 Å². The van der Waals surface area contributed by atoms with Gasteiger partial charge in [0.05, 0.1) is 29.1 Å². The number of pyridine rings is 1. The molecule has 0 spiro atoms. The van der Waals surface area contributed by atoms with Crippen molar-refractivity contribution < 1.29 is 9.53 Å². The lowest BCUT2D eigenvalue weighted by atomic mass is 10.0. The molecule has 0 bridgehead atoms. The number of carbonyl (C=O) groups excluding carboxylic acids is 1. The second-order valence-corrected chi connectivity index (χ2v) is 12.1. The van der Waals surface area contributed by atoms with Crippen LogP contribution in [-0.2, 0) is 17.8 Å². The van der Waals surface area contributed by atoms with Crippen LogP contribution in [0.4, 0.5) is 11.5 Å². The van der Waals surface area contributed by atoms with Gasteiger partial charge in [-0.2, -0.15) is 9.97 Å². The first kappa shape index (κ1) is 29.1. The first-order valence-corrected chi connectivity index (χ1v) is 15.3. The number of piperazine rings is 1. The maximum Gasteiger partial charge on any atom is 0.318 e. The Balaban J connectivity index is 1.33. The summed E-state index contributed by atoms with van der Waals surface area (Å²) in [6.07, 6.45) is 8.23. The van der Waals surface area contributed by atoms with E-state index in [2.05, 4.69) is 45.1 Å². The quantitative estimate of drug-likeness (QED) is 0.267. The Morgan fingerprint density at radius 2 is 2.09 bits per heavy atom. The topological polar surface area (TPSA) is 82.3 Å². The highest BCUT2D eigenvalue weighted by atomic mass is 35.5. The minimum absolute atomic E-state index is 0.145. The van der Waals surface area contributed by atoms with E-state index in [9.17, 15) is 4.79 Å². The first-order valence-electron chi connectivity index (χ1n) is 14.9. The minimum Gasteiger partial charge on any atom is -0.462 e. The van der Waals surface area contributed by atoms with Crippen molar-refractivity contribution in [1.29, 1.82) is 0 Å². The van der Waals surface area contributed by atoms with E-state index in [0.717, 1.165) is 46.5 Å². The minimum atomic E-state index is -0.247. The predicted octanol–water partition coefficient (Wildman–Crippen LogP) is 4.22. The van der Waals surface area contributed by atoms with Crippen LogP contribution in [-0.4, -0.2) is 95.2 Å². The van der Waals surface area contributed by atoms with Crippen LogP contribution in [0.15, 0.2) is 43.2 Å². The van der Waals surface area contributed by atoms with Crippen LogP contribution in [0.25, 0.3) is 15.6 Å². The van der Waals surface area contributed by atoms with Crippen LogP contribution in [0.2, 0.25) is 5.02 Å². The highest BCUT2D eigenvalue weighted by Crippen LogP contribution is 2.37. The molecule has 2 atom stereocenters. The van der Waals surface area contributed by atoms with Crippen molar-refractivity contribution in [3.8, 4) is 6.01 Å². The molecular formula is C32H37ClN8O2. The number of carbonyl (C=O) groups is 1. The van der Waals surface area contributed by atoms with Gasteiger partial charge in [-0.15, -0.1) is 0 Å². The van der Waals surface area contributed by atoms with Crippen molar-refractivity contribution in [1.82, 2.24) is 24.8 Å². The zero-order valence-electron chi connectivity index (χ0n) is 24.7. The number of benzene rings is 1. The number of nitrogens with zero attached hydrogens (tertiary/aromatic N) is 8. The molecule has 4 heterocycles. The maximum absolute atomic E-state index is 12.5. The van der Waals surface area contributed by atoms with Gasteiger partial charge in [0, 0.05) is 60.8 Å². The highest BCUT2D eigenvalue weighted by Gasteiger charge is 2.35. The Morgan fingerprint density at radius 1 is 1.26 bits per heavy atom. The molecule has 6 rings (SSSR count). The van der Waals surface area contributed by atoms with Gasteiger partial charge in [0.15, 0.2) is 0 Å². The lowest BCUT2D eigenvalue weighted by Gasteiger charge is -2.41. The van der Waals surface area contributed by atoms with Gasteiger partial charge in [0.1, 0.15) is 18.5 Å². The lowest BCUT2D eigenvalue weighted by molar-refractivity contribution is -0.128. The summed E-state index contributed by atoms with van der Waals surface area (Å²) in [4.78, 5) is 39.2. The van der Waals surface area contributed by atoms with Crippen LogP contribution < -0.4 is 14.5 Å². The number of aromatic nitrogens is 3. The Hall–Kier alpha value is -3.94. The molecule has 1 saturated carbocycles. The van der Waals surface area contributed by atoms with Gasteiger partial charge in [0.2, 0.25) is 12.5 Å². The van der Waals surface area contributed by atoms with E-state index in [1.54, 1.807) is 4.90 Å². The van der Waals surface area contributed by atoms with Crippen LogP contribution in [0.5, 0.6) is 6.01 Å². The van der Waals surface area contributed by atoms with Crippen LogP contribution in [0, 0.1) is 6.57 Å². The second kappa shape index (κ2) is 12.3. The first-order chi connectivity index (χ1) is 20.9. The summed E-state index contributed by atoms with van der Waals surface area (Å²) in [7, 11) is 2.15. The Bertz CT molecular complexity index is 1570. The van der Waals surface area contributed by atoms with Crippen molar-refractivity contribution in [3.05, 3.63) is 70.9 Å². The summed E-state index contributed by atoms with van der Waals surface area (Å²) in [5.41, 5.74) is 2.96. The molecule has 1 aliphatic carbocycles. The van der Waals surface area contributed by atoms with Crippen molar-refractivity contribution in [2.75, 3.05) is 56.2 Å². The number of rotatable bonds is 9. The van der Waals surface area contributed by atoms with Gasteiger partial charge < -0.3 is 24.3 Å². The van der Waals surface area contributed by atoms with Crippen molar-refractivity contribution in [2.24, 2.45) is 0 Å². The molecule has 2 fully saturated rings. The van der Waals surface area contributed by atoms with Crippen molar-refractivity contribution >= 4 is 39.8 Å². The van der Waals surface area contributed by atoms with Gasteiger partial charge in [-0.25, -0.2) is 6.57 Å². The summed E-state index contributed by atoms with van der Waals surface area (Å²) >= 11 is 6.67. The molecule has 11 heteroatoms. The number of fused-ring (bicyclic) bond motifs is 2. The fourth-order valence-electron chi connectivity index (χ4n) is 6.20. The molecule has 10 nitrogen and oxygen atoms in total. The average Bonchev–Trinajstić information content (AvgIpc) is 3.88. The van der Waals surface area contributed by atoms with Gasteiger partial charge in [-0.05, 0) is 45.4 Å². The SMILES string of the molecule is [C-]#[N+]C[C@H]1CN(c2nc(OC[C@H](C)N(C)C3CC3)nc3c2CCN(c2cncc4cccc(Cl)c24)C3)CCN1C(=O)C=C. The van der Waals surface area contributed by atoms with E-state index < -0.39 is 0 Å². The molecule has 2 aliphatic heterocycles. The normalized spacial score (nSPS) is 19.2. The zero-order chi connectivity index (χ0) is 30.1. The molecule has 0 radical (unpaired) electrons.